The molecule has 0 amide bonds. The fourth-order valence-corrected chi connectivity index (χ4v) is 1.27. The van der Waals surface area contributed by atoms with Gasteiger partial charge in [0.2, 0.25) is 0 Å². The minimum Gasteiger partial charge on any atom is -0.261 e. The Hall–Kier alpha value is -0.630. The van der Waals surface area contributed by atoms with Gasteiger partial charge >= 0.3 is 0 Å². The molecule has 0 atom stereocenters. The predicted molar refractivity (Wildman–Crippen MR) is 42.9 cm³/mol. The number of hydrogen-bond donors (Lipinski definition) is 0. The third-order valence-corrected chi connectivity index (χ3v) is 1.84. The van der Waals surface area contributed by atoms with Gasteiger partial charge in [-0.1, -0.05) is 0 Å². The lowest BCUT2D eigenvalue weighted by atomic mass is 10.5. The van der Waals surface area contributed by atoms with Crippen LogP contribution in [-0.2, 0) is 0 Å². The van der Waals surface area contributed by atoms with Crippen molar-refractivity contribution in [2.24, 2.45) is 4.99 Å². The first-order chi connectivity index (χ1) is 4.33. The molecule has 1 nitrogen and oxygen atoms in total. The van der Waals surface area contributed by atoms with Gasteiger partial charge in [-0.15, -0.1) is 11.3 Å². The minimum absolute atomic E-state index is 1.07. The molecule has 0 saturated heterocycles. The van der Waals surface area contributed by atoms with Gasteiger partial charge in [0, 0.05) is 16.5 Å². The maximum absolute atomic E-state index is 4.11. The Morgan fingerprint density at radius 3 is 2.89 bits per heavy atom. The fraction of sp³-hybridized carbons (Fsp3) is 0.286. The molecule has 1 heterocycles. The summed E-state index contributed by atoms with van der Waals surface area (Å²) < 4.78 is 0. The molecule has 1 aromatic heterocycles. The van der Waals surface area contributed by atoms with E-state index in [0.29, 0.717) is 0 Å². The summed E-state index contributed by atoms with van der Waals surface area (Å²) in [7, 11) is 0. The zero-order valence-electron chi connectivity index (χ0n) is 5.59. The molecule has 0 N–H and O–H groups in total. The Balaban J connectivity index is 2.85. The minimum atomic E-state index is 1.07. The Morgan fingerprint density at radius 1 is 1.67 bits per heavy atom. The van der Waals surface area contributed by atoms with Gasteiger partial charge in [-0.2, -0.15) is 0 Å². The monoisotopic (exact) mass is 139 g/mol. The van der Waals surface area contributed by atoms with Crippen LogP contribution in [0.1, 0.15) is 11.8 Å². The second kappa shape index (κ2) is 2.78. The Labute approximate surface area is 59.1 Å². The summed E-state index contributed by atoms with van der Waals surface area (Å²) in [5, 5.41) is 2.05. The molecule has 0 aliphatic carbocycles. The maximum atomic E-state index is 4.11. The van der Waals surface area contributed by atoms with Gasteiger partial charge in [-0.05, 0) is 19.9 Å². The van der Waals surface area contributed by atoms with Crippen molar-refractivity contribution in [3.8, 4) is 0 Å². The van der Waals surface area contributed by atoms with E-state index in [9.17, 15) is 0 Å². The van der Waals surface area contributed by atoms with Crippen LogP contribution in [0.25, 0.3) is 0 Å². The molecule has 0 radical (unpaired) electrons. The summed E-state index contributed by atoms with van der Waals surface area (Å²) in [5.74, 6) is 0. The first-order valence-corrected chi connectivity index (χ1v) is 3.74. The van der Waals surface area contributed by atoms with E-state index in [4.69, 9.17) is 0 Å². The topological polar surface area (TPSA) is 12.4 Å². The largest absolute Gasteiger partial charge is 0.261 e. The van der Waals surface area contributed by atoms with Gasteiger partial charge in [-0.3, -0.25) is 4.99 Å². The van der Waals surface area contributed by atoms with E-state index in [1.165, 1.54) is 4.88 Å². The van der Waals surface area contributed by atoms with Gasteiger partial charge in [0.05, 0.1) is 5.69 Å². The normalized spacial score (nSPS) is 10.9. The van der Waals surface area contributed by atoms with Crippen molar-refractivity contribution in [2.45, 2.75) is 13.8 Å². The molecule has 1 rings (SSSR count). The van der Waals surface area contributed by atoms with Crippen LogP contribution in [0.2, 0.25) is 0 Å². The number of thiophene rings is 1. The van der Waals surface area contributed by atoms with E-state index >= 15 is 0 Å². The molecular weight excluding hydrogens is 130 g/mol. The highest BCUT2D eigenvalue weighted by Crippen LogP contribution is 2.19. The van der Waals surface area contributed by atoms with Crippen LogP contribution < -0.4 is 0 Å². The highest BCUT2D eigenvalue weighted by Gasteiger charge is 1.88. The van der Waals surface area contributed by atoms with Crippen molar-refractivity contribution in [1.29, 1.82) is 0 Å². The molecule has 0 spiro atoms. The van der Waals surface area contributed by atoms with Crippen molar-refractivity contribution < 1.29 is 0 Å². The molecular formula is C7H9NS. The van der Waals surface area contributed by atoms with E-state index < -0.39 is 0 Å². The second-order valence-corrected chi connectivity index (χ2v) is 2.92. The molecule has 48 valence electrons. The smallest absolute Gasteiger partial charge is 0.0735 e. The summed E-state index contributed by atoms with van der Waals surface area (Å²) in [6.45, 7) is 4.01. The van der Waals surface area contributed by atoms with Gasteiger partial charge in [0.15, 0.2) is 0 Å². The zero-order valence-corrected chi connectivity index (χ0v) is 6.40. The van der Waals surface area contributed by atoms with Crippen LogP contribution in [-0.4, -0.2) is 6.21 Å². The van der Waals surface area contributed by atoms with Crippen LogP contribution in [0, 0.1) is 6.92 Å². The van der Waals surface area contributed by atoms with Crippen LogP contribution in [0.5, 0.6) is 0 Å². The van der Waals surface area contributed by atoms with Crippen molar-refractivity contribution in [3.05, 3.63) is 16.3 Å². The standard InChI is InChI=1S/C7H9NS/c1-3-8-7-4-6(2)9-5-7/h3-5H,1-2H3/b8-3+. The Bertz CT molecular complexity index is 212. The first kappa shape index (κ1) is 6.49. The van der Waals surface area contributed by atoms with E-state index in [2.05, 4.69) is 23.4 Å². The quantitative estimate of drug-likeness (QED) is 0.530. The summed E-state index contributed by atoms with van der Waals surface area (Å²) >= 11 is 1.73. The predicted octanol–water partition coefficient (Wildman–Crippen LogP) is 2.78. The first-order valence-electron chi connectivity index (χ1n) is 2.87. The Morgan fingerprint density at radius 2 is 2.44 bits per heavy atom. The van der Waals surface area contributed by atoms with Crippen LogP contribution >= 0.6 is 11.3 Å². The lowest BCUT2D eigenvalue weighted by molar-refractivity contribution is 1.55. The summed E-state index contributed by atoms with van der Waals surface area (Å²) in [6, 6.07) is 2.07. The van der Waals surface area contributed by atoms with Crippen molar-refractivity contribution in [2.75, 3.05) is 0 Å². The zero-order chi connectivity index (χ0) is 6.69. The average molecular weight is 139 g/mol. The third kappa shape index (κ3) is 1.64. The van der Waals surface area contributed by atoms with E-state index in [-0.39, 0.29) is 0 Å². The van der Waals surface area contributed by atoms with Gasteiger partial charge < -0.3 is 0 Å². The average Bonchev–Trinajstić information content (AvgIpc) is 2.17. The van der Waals surface area contributed by atoms with Gasteiger partial charge in [0.25, 0.3) is 0 Å². The van der Waals surface area contributed by atoms with E-state index in [1.807, 2.05) is 13.1 Å². The number of aliphatic imine (C=N–C) groups is 1. The van der Waals surface area contributed by atoms with E-state index in [0.717, 1.165) is 5.69 Å². The van der Waals surface area contributed by atoms with Gasteiger partial charge in [-0.25, -0.2) is 0 Å². The maximum Gasteiger partial charge on any atom is 0.0735 e. The third-order valence-electron chi connectivity index (χ3n) is 0.995. The number of hydrogen-bond acceptors (Lipinski definition) is 2. The van der Waals surface area contributed by atoms with E-state index in [1.54, 1.807) is 11.3 Å². The number of aryl methyl sites for hydroxylation is 1. The number of rotatable bonds is 1. The summed E-state index contributed by atoms with van der Waals surface area (Å²) in [6.07, 6.45) is 1.81. The highest BCUT2D eigenvalue weighted by atomic mass is 32.1. The summed E-state index contributed by atoms with van der Waals surface area (Å²) in [5.41, 5.74) is 1.07. The molecule has 9 heavy (non-hydrogen) atoms. The fourth-order valence-electron chi connectivity index (χ4n) is 0.646. The Kier molecular flexibility index (Phi) is 2.01. The molecule has 0 aliphatic rings. The molecule has 2 heteroatoms. The van der Waals surface area contributed by atoms with Crippen LogP contribution in [0.4, 0.5) is 5.69 Å². The van der Waals surface area contributed by atoms with Crippen molar-refractivity contribution in [3.63, 3.8) is 0 Å². The van der Waals surface area contributed by atoms with Crippen molar-refractivity contribution in [1.82, 2.24) is 0 Å². The lowest BCUT2D eigenvalue weighted by Gasteiger charge is -1.77. The lowest BCUT2D eigenvalue weighted by Crippen LogP contribution is -1.55. The number of nitrogens with zero attached hydrogens (tertiary/aromatic N) is 1. The van der Waals surface area contributed by atoms with Crippen LogP contribution in [0.15, 0.2) is 16.4 Å². The SMILES string of the molecule is C/C=N/c1csc(C)c1. The molecule has 0 aliphatic heterocycles. The molecule has 0 unspecified atom stereocenters. The van der Waals surface area contributed by atoms with Gasteiger partial charge in [0.1, 0.15) is 0 Å². The van der Waals surface area contributed by atoms with Crippen LogP contribution in [0.3, 0.4) is 0 Å². The molecule has 0 fully saturated rings. The molecule has 0 aromatic carbocycles. The van der Waals surface area contributed by atoms with Crippen molar-refractivity contribution >= 4 is 23.2 Å². The molecule has 0 bridgehead atoms. The summed E-state index contributed by atoms with van der Waals surface area (Å²) in [4.78, 5) is 5.43. The second-order valence-electron chi connectivity index (χ2n) is 1.80. The molecule has 1 aromatic rings. The molecule has 0 saturated carbocycles. The highest BCUT2D eigenvalue weighted by molar-refractivity contribution is 7.10.